The van der Waals surface area contributed by atoms with Gasteiger partial charge in [-0.15, -0.1) is 11.8 Å². The van der Waals surface area contributed by atoms with Crippen LogP contribution in [0.15, 0.2) is 57.9 Å². The van der Waals surface area contributed by atoms with Gasteiger partial charge in [0, 0.05) is 20.4 Å². The number of thioether (sulfide) groups is 1. The summed E-state index contributed by atoms with van der Waals surface area (Å²) in [5, 5.41) is 0.958. The molecule has 2 rings (SSSR count). The van der Waals surface area contributed by atoms with Crippen molar-refractivity contribution in [3.63, 3.8) is 0 Å². The molecule has 100 valence electrons. The molecule has 19 heavy (non-hydrogen) atoms. The van der Waals surface area contributed by atoms with E-state index in [1.165, 1.54) is 10.5 Å². The van der Waals surface area contributed by atoms with Crippen LogP contribution in [-0.4, -0.2) is 6.04 Å². The highest BCUT2D eigenvalue weighted by Crippen LogP contribution is 2.40. The van der Waals surface area contributed by atoms with E-state index in [2.05, 4.69) is 22.0 Å². The van der Waals surface area contributed by atoms with E-state index in [1.807, 2.05) is 49.4 Å². The first-order valence-corrected chi connectivity index (χ1v) is 8.05. The lowest BCUT2D eigenvalue weighted by atomic mass is 10.1. The Labute approximate surface area is 131 Å². The lowest BCUT2D eigenvalue weighted by molar-refractivity contribution is 0.719. The minimum Gasteiger partial charge on any atom is -0.327 e. The van der Waals surface area contributed by atoms with Crippen molar-refractivity contribution in [1.29, 1.82) is 0 Å². The summed E-state index contributed by atoms with van der Waals surface area (Å²) >= 11 is 11.3. The monoisotopic (exact) mass is 355 g/mol. The van der Waals surface area contributed by atoms with E-state index in [0.717, 1.165) is 9.50 Å². The van der Waals surface area contributed by atoms with Gasteiger partial charge in [0.15, 0.2) is 0 Å². The lowest BCUT2D eigenvalue weighted by Crippen LogP contribution is -2.22. The largest absolute Gasteiger partial charge is 0.327 e. The van der Waals surface area contributed by atoms with Gasteiger partial charge in [0.05, 0.1) is 5.25 Å². The highest BCUT2D eigenvalue weighted by molar-refractivity contribution is 9.10. The smallest absolute Gasteiger partial charge is 0.0503 e. The molecular weight excluding hydrogens is 342 g/mol. The zero-order chi connectivity index (χ0) is 13.8. The molecule has 0 aliphatic carbocycles. The average molecular weight is 357 g/mol. The minimum atomic E-state index is 0.0550. The molecule has 0 amide bonds. The van der Waals surface area contributed by atoms with E-state index in [-0.39, 0.29) is 11.3 Å². The first-order chi connectivity index (χ1) is 9.08. The minimum absolute atomic E-state index is 0.0550. The Balaban J connectivity index is 2.27. The van der Waals surface area contributed by atoms with Crippen LogP contribution < -0.4 is 5.73 Å². The summed E-state index contributed by atoms with van der Waals surface area (Å²) in [5.74, 6) is 0. The number of hydrogen-bond donors (Lipinski definition) is 1. The molecule has 0 radical (unpaired) electrons. The van der Waals surface area contributed by atoms with Crippen LogP contribution in [0.25, 0.3) is 0 Å². The van der Waals surface area contributed by atoms with Crippen LogP contribution >= 0.6 is 39.3 Å². The van der Waals surface area contributed by atoms with Gasteiger partial charge in [-0.3, -0.25) is 0 Å². The molecule has 2 aromatic rings. The molecule has 1 nitrogen and oxygen atoms in total. The maximum absolute atomic E-state index is 6.15. The number of rotatable bonds is 4. The van der Waals surface area contributed by atoms with E-state index in [4.69, 9.17) is 17.3 Å². The molecule has 0 saturated heterocycles. The van der Waals surface area contributed by atoms with Crippen LogP contribution in [0, 0.1) is 0 Å². The van der Waals surface area contributed by atoms with Crippen molar-refractivity contribution in [2.45, 2.75) is 23.1 Å². The van der Waals surface area contributed by atoms with Gasteiger partial charge in [0.25, 0.3) is 0 Å². The molecule has 2 aromatic carbocycles. The lowest BCUT2D eigenvalue weighted by Gasteiger charge is -2.22. The maximum atomic E-state index is 6.15. The fourth-order valence-corrected chi connectivity index (χ4v) is 3.76. The van der Waals surface area contributed by atoms with Crippen molar-refractivity contribution in [3.8, 4) is 0 Å². The van der Waals surface area contributed by atoms with Gasteiger partial charge in [0.1, 0.15) is 0 Å². The van der Waals surface area contributed by atoms with Crippen LogP contribution in [0.2, 0.25) is 5.02 Å². The van der Waals surface area contributed by atoms with E-state index < -0.39 is 0 Å². The molecule has 0 saturated carbocycles. The van der Waals surface area contributed by atoms with Crippen LogP contribution in [0.4, 0.5) is 0 Å². The zero-order valence-electron chi connectivity index (χ0n) is 10.5. The maximum Gasteiger partial charge on any atom is 0.0503 e. The Morgan fingerprint density at radius 1 is 1.11 bits per heavy atom. The quantitative estimate of drug-likeness (QED) is 0.754. The third-order valence-electron chi connectivity index (χ3n) is 2.77. The topological polar surface area (TPSA) is 26.0 Å². The van der Waals surface area contributed by atoms with Crippen molar-refractivity contribution >= 4 is 39.3 Å². The van der Waals surface area contributed by atoms with Gasteiger partial charge < -0.3 is 5.73 Å². The van der Waals surface area contributed by atoms with Crippen molar-refractivity contribution < 1.29 is 0 Å². The number of halogens is 2. The second-order valence-electron chi connectivity index (χ2n) is 4.37. The van der Waals surface area contributed by atoms with Crippen LogP contribution in [-0.2, 0) is 0 Å². The van der Waals surface area contributed by atoms with Crippen molar-refractivity contribution in [2.24, 2.45) is 5.73 Å². The second-order valence-corrected chi connectivity index (χ2v) is 6.88. The van der Waals surface area contributed by atoms with Crippen molar-refractivity contribution in [2.75, 3.05) is 0 Å². The Bertz CT molecular complexity index is 542. The third-order valence-corrected chi connectivity index (χ3v) is 5.22. The molecule has 2 N–H and O–H groups in total. The summed E-state index contributed by atoms with van der Waals surface area (Å²) in [5.41, 5.74) is 7.37. The summed E-state index contributed by atoms with van der Waals surface area (Å²) in [4.78, 5) is 1.17. The van der Waals surface area contributed by atoms with Gasteiger partial charge in [-0.2, -0.15) is 0 Å². The Morgan fingerprint density at radius 2 is 1.74 bits per heavy atom. The van der Waals surface area contributed by atoms with Crippen molar-refractivity contribution in [3.05, 3.63) is 63.6 Å². The van der Waals surface area contributed by atoms with Gasteiger partial charge in [-0.1, -0.05) is 45.7 Å². The standard InChI is InChI=1S/C15H15BrClNS/c1-10(18)15(13-4-2-3-5-14(13)16)19-12-8-6-11(17)7-9-12/h2-10,15H,18H2,1H3. The summed E-state index contributed by atoms with van der Waals surface area (Å²) in [6, 6.07) is 16.1. The summed E-state index contributed by atoms with van der Waals surface area (Å²) in [6.45, 7) is 2.03. The first-order valence-electron chi connectivity index (χ1n) is 6.00. The van der Waals surface area contributed by atoms with E-state index in [0.29, 0.717) is 0 Å². The molecular formula is C15H15BrClNS. The molecule has 2 atom stereocenters. The Hall–Kier alpha value is -0.480. The van der Waals surface area contributed by atoms with Crippen LogP contribution in [0.1, 0.15) is 17.7 Å². The number of hydrogen-bond acceptors (Lipinski definition) is 2. The first kappa shape index (κ1) is 14.9. The van der Waals surface area contributed by atoms with Gasteiger partial charge in [0.2, 0.25) is 0 Å². The molecule has 0 heterocycles. The highest BCUT2D eigenvalue weighted by Gasteiger charge is 2.19. The third kappa shape index (κ3) is 3.99. The number of nitrogens with two attached hydrogens (primary N) is 1. The molecule has 0 spiro atoms. The molecule has 0 aliphatic rings. The van der Waals surface area contributed by atoms with Gasteiger partial charge >= 0.3 is 0 Å². The fraction of sp³-hybridized carbons (Fsp3) is 0.200. The van der Waals surface area contributed by atoms with Gasteiger partial charge in [-0.05, 0) is 42.8 Å². The summed E-state index contributed by atoms with van der Waals surface area (Å²) < 4.78 is 1.10. The van der Waals surface area contributed by atoms with Crippen molar-refractivity contribution in [1.82, 2.24) is 0 Å². The molecule has 0 bridgehead atoms. The molecule has 4 heteroatoms. The average Bonchev–Trinajstić information content (AvgIpc) is 2.39. The SMILES string of the molecule is CC(N)C(Sc1ccc(Cl)cc1)c1ccccc1Br. The molecule has 0 fully saturated rings. The van der Waals surface area contributed by atoms with Crippen LogP contribution in [0.3, 0.4) is 0 Å². The van der Waals surface area contributed by atoms with Crippen LogP contribution in [0.5, 0.6) is 0 Å². The van der Waals surface area contributed by atoms with E-state index in [1.54, 1.807) is 11.8 Å². The summed E-state index contributed by atoms with van der Waals surface area (Å²) in [7, 11) is 0. The predicted molar refractivity (Wildman–Crippen MR) is 87.8 cm³/mol. The van der Waals surface area contributed by atoms with E-state index >= 15 is 0 Å². The normalized spacial score (nSPS) is 14.1. The second kappa shape index (κ2) is 6.80. The zero-order valence-corrected chi connectivity index (χ0v) is 13.7. The predicted octanol–water partition coefficient (Wildman–Crippen LogP) is 5.28. The fourth-order valence-electron chi connectivity index (χ4n) is 1.82. The highest BCUT2D eigenvalue weighted by atomic mass is 79.9. The Kier molecular flexibility index (Phi) is 5.34. The Morgan fingerprint density at radius 3 is 2.32 bits per heavy atom. The van der Waals surface area contributed by atoms with Gasteiger partial charge in [-0.25, -0.2) is 0 Å². The van der Waals surface area contributed by atoms with E-state index in [9.17, 15) is 0 Å². The summed E-state index contributed by atoms with van der Waals surface area (Å²) in [6.07, 6.45) is 0. The molecule has 0 aliphatic heterocycles. The number of benzene rings is 2. The molecule has 0 aromatic heterocycles. The molecule has 2 unspecified atom stereocenters.